The Labute approximate surface area is 85.3 Å². The monoisotopic (exact) mass is 206 g/mol. The summed E-state index contributed by atoms with van der Waals surface area (Å²) in [4.78, 5) is 11.5. The standard InChI is InChI=1S/C8H10N6O/c1-4-5(2)11-13-7(4)10-8(15)6-3-9-14-12-6/h3H,1-2H3,(H,9,12,14)(H2,10,11,13,15). The SMILES string of the molecule is Cc1[nH]nc(NC(=O)c2cn[nH]n2)c1C. The van der Waals surface area contributed by atoms with Gasteiger partial charge < -0.3 is 5.32 Å². The second-order valence-corrected chi connectivity index (χ2v) is 3.13. The van der Waals surface area contributed by atoms with Gasteiger partial charge in [-0.1, -0.05) is 0 Å². The molecular formula is C8H10N6O. The van der Waals surface area contributed by atoms with Gasteiger partial charge in [-0.05, 0) is 13.8 Å². The third kappa shape index (κ3) is 1.71. The number of aromatic nitrogens is 5. The van der Waals surface area contributed by atoms with Crippen LogP contribution in [0.5, 0.6) is 0 Å². The van der Waals surface area contributed by atoms with Gasteiger partial charge in [-0.3, -0.25) is 9.89 Å². The van der Waals surface area contributed by atoms with Gasteiger partial charge in [0.1, 0.15) is 0 Å². The van der Waals surface area contributed by atoms with Crippen LogP contribution in [0.1, 0.15) is 21.7 Å². The molecule has 2 heterocycles. The maximum absolute atomic E-state index is 11.5. The number of aromatic amines is 2. The Morgan fingerprint density at radius 3 is 2.73 bits per heavy atom. The fraction of sp³-hybridized carbons (Fsp3) is 0.250. The quantitative estimate of drug-likeness (QED) is 0.662. The van der Waals surface area contributed by atoms with E-state index in [1.165, 1.54) is 6.20 Å². The van der Waals surface area contributed by atoms with E-state index in [0.29, 0.717) is 5.82 Å². The fourth-order valence-corrected chi connectivity index (χ4v) is 1.09. The predicted molar refractivity (Wildman–Crippen MR) is 52.4 cm³/mol. The van der Waals surface area contributed by atoms with Crippen molar-refractivity contribution in [1.29, 1.82) is 0 Å². The van der Waals surface area contributed by atoms with Gasteiger partial charge in [0, 0.05) is 11.3 Å². The highest BCUT2D eigenvalue weighted by molar-refractivity contribution is 6.02. The van der Waals surface area contributed by atoms with Crippen LogP contribution in [0.2, 0.25) is 0 Å². The van der Waals surface area contributed by atoms with Crippen LogP contribution in [-0.4, -0.2) is 31.5 Å². The Kier molecular flexibility index (Phi) is 2.20. The Morgan fingerprint density at radius 1 is 1.40 bits per heavy atom. The van der Waals surface area contributed by atoms with Gasteiger partial charge in [0.25, 0.3) is 5.91 Å². The van der Waals surface area contributed by atoms with Crippen LogP contribution < -0.4 is 5.32 Å². The lowest BCUT2D eigenvalue weighted by Gasteiger charge is -1.98. The first-order valence-corrected chi connectivity index (χ1v) is 4.37. The zero-order chi connectivity index (χ0) is 10.8. The molecule has 0 aliphatic carbocycles. The first kappa shape index (κ1) is 9.38. The van der Waals surface area contributed by atoms with Crippen LogP contribution in [0.4, 0.5) is 5.82 Å². The number of rotatable bonds is 2. The van der Waals surface area contributed by atoms with Crippen molar-refractivity contribution in [1.82, 2.24) is 25.6 Å². The lowest BCUT2D eigenvalue weighted by Crippen LogP contribution is -2.13. The van der Waals surface area contributed by atoms with Gasteiger partial charge in [0.2, 0.25) is 0 Å². The fourth-order valence-electron chi connectivity index (χ4n) is 1.09. The van der Waals surface area contributed by atoms with Gasteiger partial charge in [0.15, 0.2) is 11.5 Å². The van der Waals surface area contributed by atoms with Crippen molar-refractivity contribution in [3.05, 3.63) is 23.1 Å². The number of carbonyl (C=O) groups is 1. The summed E-state index contributed by atoms with van der Waals surface area (Å²) in [7, 11) is 0. The number of nitrogens with one attached hydrogen (secondary N) is 3. The summed E-state index contributed by atoms with van der Waals surface area (Å²) in [6, 6.07) is 0. The number of anilines is 1. The zero-order valence-electron chi connectivity index (χ0n) is 8.33. The largest absolute Gasteiger partial charge is 0.303 e. The molecule has 0 aromatic carbocycles. The molecule has 0 atom stereocenters. The smallest absolute Gasteiger partial charge is 0.279 e. The van der Waals surface area contributed by atoms with Crippen LogP contribution in [-0.2, 0) is 0 Å². The molecule has 2 aromatic rings. The summed E-state index contributed by atoms with van der Waals surface area (Å²) < 4.78 is 0. The van der Waals surface area contributed by atoms with Crippen molar-refractivity contribution in [2.45, 2.75) is 13.8 Å². The molecule has 7 nitrogen and oxygen atoms in total. The Bertz CT molecular complexity index is 471. The molecule has 0 fully saturated rings. The van der Waals surface area contributed by atoms with Gasteiger partial charge in [-0.2, -0.15) is 20.5 Å². The summed E-state index contributed by atoms with van der Waals surface area (Å²) in [6.07, 6.45) is 1.35. The molecule has 2 rings (SSSR count). The van der Waals surface area contributed by atoms with E-state index in [1.807, 2.05) is 13.8 Å². The highest BCUT2D eigenvalue weighted by Crippen LogP contribution is 2.14. The van der Waals surface area contributed by atoms with E-state index in [9.17, 15) is 4.79 Å². The molecule has 15 heavy (non-hydrogen) atoms. The highest BCUT2D eigenvalue weighted by atomic mass is 16.2. The molecular weight excluding hydrogens is 196 g/mol. The van der Waals surface area contributed by atoms with Crippen molar-refractivity contribution in [2.24, 2.45) is 0 Å². The Hall–Kier alpha value is -2.18. The zero-order valence-corrected chi connectivity index (χ0v) is 8.33. The molecule has 3 N–H and O–H groups in total. The molecule has 7 heteroatoms. The predicted octanol–water partition coefficient (Wildman–Crippen LogP) is 0.397. The normalized spacial score (nSPS) is 10.3. The van der Waals surface area contributed by atoms with E-state index < -0.39 is 0 Å². The lowest BCUT2D eigenvalue weighted by molar-refractivity contribution is 0.102. The number of hydrogen-bond acceptors (Lipinski definition) is 4. The molecule has 0 saturated heterocycles. The number of carbonyl (C=O) groups excluding carboxylic acids is 1. The number of H-pyrrole nitrogens is 2. The summed E-state index contributed by atoms with van der Waals surface area (Å²) in [5.74, 6) is 0.179. The van der Waals surface area contributed by atoms with E-state index in [1.54, 1.807) is 0 Å². The molecule has 0 aliphatic heterocycles. The van der Waals surface area contributed by atoms with Gasteiger partial charge in [0.05, 0.1) is 6.20 Å². The summed E-state index contributed by atoms with van der Waals surface area (Å²) in [5, 5.41) is 18.9. The first-order valence-electron chi connectivity index (χ1n) is 4.37. The second kappa shape index (κ2) is 3.52. The third-order valence-corrected chi connectivity index (χ3v) is 2.13. The summed E-state index contributed by atoms with van der Waals surface area (Å²) in [5.41, 5.74) is 2.06. The second-order valence-electron chi connectivity index (χ2n) is 3.13. The van der Waals surface area contributed by atoms with E-state index in [-0.39, 0.29) is 11.6 Å². The summed E-state index contributed by atoms with van der Waals surface area (Å²) in [6.45, 7) is 3.76. The topological polar surface area (TPSA) is 99.4 Å². The minimum Gasteiger partial charge on any atom is -0.303 e. The molecule has 78 valence electrons. The molecule has 0 spiro atoms. The van der Waals surface area contributed by atoms with Crippen molar-refractivity contribution in [3.63, 3.8) is 0 Å². The maximum Gasteiger partial charge on any atom is 0.279 e. The van der Waals surface area contributed by atoms with Crippen LogP contribution in [0.25, 0.3) is 0 Å². The van der Waals surface area contributed by atoms with Crippen molar-refractivity contribution >= 4 is 11.7 Å². The van der Waals surface area contributed by atoms with E-state index in [4.69, 9.17) is 0 Å². The Balaban J connectivity index is 2.16. The van der Waals surface area contributed by atoms with Crippen molar-refractivity contribution < 1.29 is 4.79 Å². The highest BCUT2D eigenvalue weighted by Gasteiger charge is 2.12. The molecule has 1 amide bonds. The molecule has 0 bridgehead atoms. The Morgan fingerprint density at radius 2 is 2.20 bits per heavy atom. The molecule has 0 saturated carbocycles. The van der Waals surface area contributed by atoms with Gasteiger partial charge in [-0.25, -0.2) is 0 Å². The summed E-state index contributed by atoms with van der Waals surface area (Å²) >= 11 is 0. The van der Waals surface area contributed by atoms with Crippen LogP contribution in [0, 0.1) is 13.8 Å². The van der Waals surface area contributed by atoms with Crippen molar-refractivity contribution in [3.8, 4) is 0 Å². The minimum absolute atomic E-state index is 0.232. The van der Waals surface area contributed by atoms with Crippen molar-refractivity contribution in [2.75, 3.05) is 5.32 Å². The molecule has 0 radical (unpaired) electrons. The number of nitrogens with zero attached hydrogens (tertiary/aromatic N) is 3. The van der Waals surface area contributed by atoms with E-state index in [2.05, 4.69) is 30.9 Å². The average molecular weight is 206 g/mol. The first-order chi connectivity index (χ1) is 7.18. The number of amides is 1. The van der Waals surface area contributed by atoms with Crippen LogP contribution in [0.3, 0.4) is 0 Å². The minimum atomic E-state index is -0.335. The van der Waals surface area contributed by atoms with E-state index in [0.717, 1.165) is 11.3 Å². The number of aryl methyl sites for hydroxylation is 1. The third-order valence-electron chi connectivity index (χ3n) is 2.13. The lowest BCUT2D eigenvalue weighted by atomic mass is 10.3. The number of hydrogen-bond donors (Lipinski definition) is 3. The van der Waals surface area contributed by atoms with Crippen LogP contribution >= 0.6 is 0 Å². The van der Waals surface area contributed by atoms with Crippen LogP contribution in [0.15, 0.2) is 6.20 Å². The molecule has 2 aromatic heterocycles. The molecule has 0 aliphatic rings. The molecule has 0 unspecified atom stereocenters. The van der Waals surface area contributed by atoms with E-state index >= 15 is 0 Å². The van der Waals surface area contributed by atoms with Gasteiger partial charge >= 0.3 is 0 Å². The maximum atomic E-state index is 11.5. The average Bonchev–Trinajstić information content (AvgIpc) is 2.83. The van der Waals surface area contributed by atoms with Gasteiger partial charge in [-0.15, -0.1) is 0 Å².